The molecule has 0 saturated heterocycles. The average molecular weight is 247 g/mol. The van der Waals surface area contributed by atoms with Crippen molar-refractivity contribution in [3.63, 3.8) is 0 Å². The molecule has 0 amide bonds. The van der Waals surface area contributed by atoms with Crippen LogP contribution in [-0.4, -0.2) is 29.7 Å². The number of nitrogens with one attached hydrogen (secondary N) is 1. The van der Waals surface area contributed by atoms with E-state index in [1.165, 1.54) is 12.1 Å². The van der Waals surface area contributed by atoms with E-state index >= 15 is 0 Å². The molecule has 0 radical (unpaired) electrons. The van der Waals surface area contributed by atoms with E-state index in [9.17, 15) is 8.78 Å². The van der Waals surface area contributed by atoms with Crippen molar-refractivity contribution < 1.29 is 23.7 Å². The van der Waals surface area contributed by atoms with Gasteiger partial charge in [-0.15, -0.1) is 0 Å². The molecule has 0 aliphatic carbocycles. The SMILES string of the molecule is CC(NCC(O)O)c1ccc(OC(F)F)cc1. The standard InChI is InChI=1S/C11H15F2NO3/c1-7(14-6-10(15)16)8-2-4-9(5-3-8)17-11(12)13/h2-5,7,10-11,14-16H,6H2,1H3. The molecule has 1 atom stereocenters. The summed E-state index contributed by atoms with van der Waals surface area (Å²) >= 11 is 0. The van der Waals surface area contributed by atoms with Crippen LogP contribution in [0.1, 0.15) is 18.5 Å². The van der Waals surface area contributed by atoms with Crippen molar-refractivity contribution in [3.05, 3.63) is 29.8 Å². The molecule has 0 spiro atoms. The fourth-order valence-corrected chi connectivity index (χ4v) is 1.34. The van der Waals surface area contributed by atoms with E-state index in [4.69, 9.17) is 10.2 Å². The minimum Gasteiger partial charge on any atom is -0.435 e. The fraction of sp³-hybridized carbons (Fsp3) is 0.455. The predicted octanol–water partition coefficient (Wildman–Crippen LogP) is 1.25. The Balaban J connectivity index is 2.54. The Hall–Kier alpha value is -1.24. The van der Waals surface area contributed by atoms with Gasteiger partial charge in [0.1, 0.15) is 5.75 Å². The molecule has 0 aliphatic heterocycles. The topological polar surface area (TPSA) is 61.7 Å². The lowest BCUT2D eigenvalue weighted by Crippen LogP contribution is -2.28. The van der Waals surface area contributed by atoms with Crippen LogP contribution < -0.4 is 10.1 Å². The zero-order valence-corrected chi connectivity index (χ0v) is 9.31. The van der Waals surface area contributed by atoms with Crippen molar-refractivity contribution >= 4 is 0 Å². The van der Waals surface area contributed by atoms with Gasteiger partial charge in [-0.3, -0.25) is 0 Å². The first-order chi connectivity index (χ1) is 7.99. The van der Waals surface area contributed by atoms with Crippen LogP contribution in [0.4, 0.5) is 8.78 Å². The van der Waals surface area contributed by atoms with E-state index in [2.05, 4.69) is 10.1 Å². The van der Waals surface area contributed by atoms with Crippen molar-refractivity contribution in [2.45, 2.75) is 25.9 Å². The van der Waals surface area contributed by atoms with Gasteiger partial charge in [0.05, 0.1) is 0 Å². The lowest BCUT2D eigenvalue weighted by molar-refractivity contribution is -0.0499. The molecule has 0 heterocycles. The summed E-state index contributed by atoms with van der Waals surface area (Å²) in [6.07, 6.45) is -1.42. The Morgan fingerprint density at radius 1 is 1.24 bits per heavy atom. The molecular formula is C11H15F2NO3. The van der Waals surface area contributed by atoms with Gasteiger partial charge in [-0.25, -0.2) is 0 Å². The maximum Gasteiger partial charge on any atom is 0.387 e. The van der Waals surface area contributed by atoms with Crippen molar-refractivity contribution in [1.29, 1.82) is 0 Å². The molecule has 0 saturated carbocycles. The van der Waals surface area contributed by atoms with E-state index in [1.54, 1.807) is 12.1 Å². The summed E-state index contributed by atoms with van der Waals surface area (Å²) in [5.41, 5.74) is 0.840. The largest absolute Gasteiger partial charge is 0.435 e. The second kappa shape index (κ2) is 6.48. The van der Waals surface area contributed by atoms with Crippen LogP contribution in [0.25, 0.3) is 0 Å². The number of halogens is 2. The number of aliphatic hydroxyl groups excluding tert-OH is 1. The van der Waals surface area contributed by atoms with Crippen LogP contribution in [-0.2, 0) is 0 Å². The molecule has 1 aromatic rings. The number of benzene rings is 1. The lowest BCUT2D eigenvalue weighted by Gasteiger charge is -2.15. The molecule has 96 valence electrons. The third-order valence-electron chi connectivity index (χ3n) is 2.21. The summed E-state index contributed by atoms with van der Waals surface area (Å²) in [7, 11) is 0. The van der Waals surface area contributed by atoms with Gasteiger partial charge in [0.2, 0.25) is 0 Å². The smallest absolute Gasteiger partial charge is 0.387 e. The van der Waals surface area contributed by atoms with Crippen LogP contribution in [0.3, 0.4) is 0 Å². The molecule has 0 aliphatic rings. The number of hydrogen-bond acceptors (Lipinski definition) is 4. The molecule has 0 aromatic heterocycles. The summed E-state index contributed by atoms with van der Waals surface area (Å²) in [5, 5.41) is 20.2. The van der Waals surface area contributed by atoms with Crippen LogP contribution >= 0.6 is 0 Å². The first-order valence-corrected chi connectivity index (χ1v) is 5.13. The zero-order valence-electron chi connectivity index (χ0n) is 9.31. The van der Waals surface area contributed by atoms with Gasteiger partial charge in [0, 0.05) is 12.6 Å². The van der Waals surface area contributed by atoms with Gasteiger partial charge in [-0.1, -0.05) is 12.1 Å². The van der Waals surface area contributed by atoms with Crippen molar-refractivity contribution in [2.24, 2.45) is 0 Å². The van der Waals surface area contributed by atoms with E-state index in [1.807, 2.05) is 6.92 Å². The van der Waals surface area contributed by atoms with E-state index < -0.39 is 12.9 Å². The maximum absolute atomic E-state index is 11.9. The lowest BCUT2D eigenvalue weighted by atomic mass is 10.1. The predicted molar refractivity (Wildman–Crippen MR) is 57.7 cm³/mol. The molecule has 17 heavy (non-hydrogen) atoms. The molecule has 1 unspecified atom stereocenters. The first kappa shape index (κ1) is 13.8. The summed E-state index contributed by atoms with van der Waals surface area (Å²) in [6, 6.07) is 6.04. The highest BCUT2D eigenvalue weighted by Gasteiger charge is 2.08. The van der Waals surface area contributed by atoms with Crippen LogP contribution in [0.2, 0.25) is 0 Å². The molecule has 0 bridgehead atoms. The second-order valence-electron chi connectivity index (χ2n) is 3.56. The highest BCUT2D eigenvalue weighted by molar-refractivity contribution is 5.28. The zero-order chi connectivity index (χ0) is 12.8. The third-order valence-corrected chi connectivity index (χ3v) is 2.21. The Morgan fingerprint density at radius 2 is 1.82 bits per heavy atom. The number of rotatable bonds is 6. The van der Waals surface area contributed by atoms with E-state index in [0.717, 1.165) is 5.56 Å². The van der Waals surface area contributed by atoms with Gasteiger partial charge in [-0.05, 0) is 24.6 Å². The Morgan fingerprint density at radius 3 is 2.29 bits per heavy atom. The quantitative estimate of drug-likeness (QED) is 0.662. The molecular weight excluding hydrogens is 232 g/mol. The Bertz CT molecular complexity index is 330. The monoisotopic (exact) mass is 247 g/mol. The number of aliphatic hydroxyl groups is 2. The molecule has 6 heteroatoms. The second-order valence-corrected chi connectivity index (χ2v) is 3.56. The summed E-state index contributed by atoms with van der Waals surface area (Å²) in [4.78, 5) is 0. The van der Waals surface area contributed by atoms with Crippen molar-refractivity contribution in [1.82, 2.24) is 5.32 Å². The maximum atomic E-state index is 11.9. The first-order valence-electron chi connectivity index (χ1n) is 5.13. The van der Waals surface area contributed by atoms with Gasteiger partial charge in [-0.2, -0.15) is 8.78 Å². The van der Waals surface area contributed by atoms with Gasteiger partial charge < -0.3 is 20.3 Å². The summed E-state index contributed by atoms with van der Waals surface area (Å²) in [5.74, 6) is 0.0955. The molecule has 3 N–H and O–H groups in total. The minimum absolute atomic E-state index is 0.0381. The third kappa shape index (κ3) is 5.08. The van der Waals surface area contributed by atoms with Crippen LogP contribution in [0.5, 0.6) is 5.75 Å². The van der Waals surface area contributed by atoms with E-state index in [0.29, 0.717) is 0 Å². The summed E-state index contributed by atoms with van der Waals surface area (Å²) < 4.78 is 28.0. The summed E-state index contributed by atoms with van der Waals surface area (Å²) in [6.45, 7) is -0.970. The Labute approximate surface area is 97.8 Å². The molecule has 1 rings (SSSR count). The number of hydrogen-bond donors (Lipinski definition) is 3. The van der Waals surface area contributed by atoms with Gasteiger partial charge in [0.25, 0.3) is 0 Å². The number of ether oxygens (including phenoxy) is 1. The fourth-order valence-electron chi connectivity index (χ4n) is 1.34. The van der Waals surface area contributed by atoms with Crippen LogP contribution in [0, 0.1) is 0 Å². The van der Waals surface area contributed by atoms with E-state index in [-0.39, 0.29) is 18.3 Å². The van der Waals surface area contributed by atoms with Gasteiger partial charge >= 0.3 is 6.61 Å². The molecule has 0 fully saturated rings. The average Bonchev–Trinajstić information content (AvgIpc) is 2.26. The normalized spacial score (nSPS) is 13.1. The van der Waals surface area contributed by atoms with Crippen molar-refractivity contribution in [3.8, 4) is 5.75 Å². The van der Waals surface area contributed by atoms with Crippen molar-refractivity contribution in [2.75, 3.05) is 6.54 Å². The Kier molecular flexibility index (Phi) is 5.27. The molecule has 4 nitrogen and oxygen atoms in total. The molecule has 1 aromatic carbocycles. The van der Waals surface area contributed by atoms with Crippen LogP contribution in [0.15, 0.2) is 24.3 Å². The highest BCUT2D eigenvalue weighted by Crippen LogP contribution is 2.18. The highest BCUT2D eigenvalue weighted by atomic mass is 19.3. The minimum atomic E-state index is -2.83. The van der Waals surface area contributed by atoms with Gasteiger partial charge in [0.15, 0.2) is 6.29 Å². The number of alkyl halides is 2.